The number of carbonyl (C=O) groups is 1. The van der Waals surface area contributed by atoms with E-state index in [0.29, 0.717) is 19.8 Å². The van der Waals surface area contributed by atoms with Gasteiger partial charge in [0.25, 0.3) is 0 Å². The summed E-state index contributed by atoms with van der Waals surface area (Å²) in [6.07, 6.45) is 4.95. The van der Waals surface area contributed by atoms with Gasteiger partial charge < -0.3 is 24.8 Å². The van der Waals surface area contributed by atoms with Gasteiger partial charge in [0.05, 0.1) is 36.9 Å². The first-order valence-electron chi connectivity index (χ1n) is 9.88. The molecule has 178 valence electrons. The number of amides is 1. The van der Waals surface area contributed by atoms with E-state index in [4.69, 9.17) is 37.4 Å². The number of rotatable bonds is 12. The van der Waals surface area contributed by atoms with E-state index in [1.807, 2.05) is 6.92 Å². The molecule has 33 heavy (non-hydrogen) atoms. The van der Waals surface area contributed by atoms with Crippen LogP contribution in [0.25, 0.3) is 11.9 Å². The molecule has 1 aromatic heterocycles. The molecule has 1 heterocycles. The first-order chi connectivity index (χ1) is 15.8. The molecule has 1 unspecified atom stereocenters. The van der Waals surface area contributed by atoms with Gasteiger partial charge in [-0.15, -0.1) is 0 Å². The first kappa shape index (κ1) is 26.4. The molecule has 1 atom stereocenters. The zero-order chi connectivity index (χ0) is 24.4. The van der Waals surface area contributed by atoms with Crippen molar-refractivity contribution in [1.29, 1.82) is 0 Å². The maximum atomic E-state index is 14.9. The van der Waals surface area contributed by atoms with Crippen LogP contribution in [0.1, 0.15) is 18.1 Å². The molecule has 8 nitrogen and oxygen atoms in total. The van der Waals surface area contributed by atoms with E-state index in [1.165, 1.54) is 38.8 Å². The smallest absolute Gasteiger partial charge is 0.243 e. The summed E-state index contributed by atoms with van der Waals surface area (Å²) in [6.45, 7) is 6.38. The highest BCUT2D eigenvalue weighted by Gasteiger charge is 2.17. The van der Waals surface area contributed by atoms with E-state index in [2.05, 4.69) is 27.2 Å². The number of nitrogens with zero attached hydrogens (tertiary/aromatic N) is 2. The van der Waals surface area contributed by atoms with Crippen molar-refractivity contribution in [3.63, 3.8) is 0 Å². The molecule has 0 saturated heterocycles. The van der Waals surface area contributed by atoms with E-state index in [0.717, 1.165) is 6.08 Å². The monoisotopic (exact) mass is 498 g/mol. The SMILES string of the molecule is C=CC(=O)NC(CNc1ncc(/C(F)=C/c2c(Cl)c(OC)cc(OC)c2Cl)cn1)COCC. The molecule has 0 aliphatic rings. The number of aromatic nitrogens is 2. The van der Waals surface area contributed by atoms with Crippen LogP contribution in [0.5, 0.6) is 11.5 Å². The van der Waals surface area contributed by atoms with Crippen LogP contribution in [0.3, 0.4) is 0 Å². The van der Waals surface area contributed by atoms with Crippen LogP contribution >= 0.6 is 23.2 Å². The van der Waals surface area contributed by atoms with Gasteiger partial charge in [-0.2, -0.15) is 0 Å². The minimum absolute atomic E-state index is 0.111. The van der Waals surface area contributed by atoms with Crippen molar-refractivity contribution in [1.82, 2.24) is 15.3 Å². The Kier molecular flexibility index (Phi) is 10.4. The lowest BCUT2D eigenvalue weighted by Crippen LogP contribution is -2.42. The van der Waals surface area contributed by atoms with Crippen LogP contribution in [0.15, 0.2) is 31.1 Å². The molecular formula is C22H25Cl2FN4O4. The third-order valence-corrected chi connectivity index (χ3v) is 5.15. The summed E-state index contributed by atoms with van der Waals surface area (Å²) in [5, 5.41) is 6.00. The number of halogens is 3. The van der Waals surface area contributed by atoms with Crippen LogP contribution in [0.2, 0.25) is 10.0 Å². The Bertz CT molecular complexity index is 975. The summed E-state index contributed by atoms with van der Waals surface area (Å²) in [7, 11) is 2.86. The maximum absolute atomic E-state index is 14.9. The number of benzene rings is 1. The van der Waals surface area contributed by atoms with Crippen molar-refractivity contribution in [2.24, 2.45) is 0 Å². The second kappa shape index (κ2) is 13.0. The summed E-state index contributed by atoms with van der Waals surface area (Å²) < 4.78 is 30.7. The predicted molar refractivity (Wildman–Crippen MR) is 128 cm³/mol. The molecular weight excluding hydrogens is 474 g/mol. The highest BCUT2D eigenvalue weighted by Crippen LogP contribution is 2.42. The van der Waals surface area contributed by atoms with E-state index in [-0.39, 0.29) is 50.6 Å². The van der Waals surface area contributed by atoms with E-state index < -0.39 is 5.83 Å². The Balaban J connectivity index is 2.17. The zero-order valence-corrected chi connectivity index (χ0v) is 20.0. The second-order valence-electron chi connectivity index (χ2n) is 6.56. The van der Waals surface area contributed by atoms with Crippen molar-refractivity contribution in [3.8, 4) is 11.5 Å². The van der Waals surface area contributed by atoms with Gasteiger partial charge in [0.1, 0.15) is 17.3 Å². The topological polar surface area (TPSA) is 94.6 Å². The average molecular weight is 499 g/mol. The molecule has 0 radical (unpaired) electrons. The number of hydrogen-bond donors (Lipinski definition) is 2. The molecule has 0 bridgehead atoms. The Morgan fingerprint density at radius 1 is 1.21 bits per heavy atom. The van der Waals surface area contributed by atoms with Crippen molar-refractivity contribution in [2.75, 3.05) is 39.3 Å². The molecule has 1 aromatic carbocycles. The third kappa shape index (κ3) is 7.31. The number of hydrogen-bond acceptors (Lipinski definition) is 7. The molecule has 0 spiro atoms. The van der Waals surface area contributed by atoms with Gasteiger partial charge in [-0.25, -0.2) is 14.4 Å². The third-order valence-electron chi connectivity index (χ3n) is 4.37. The van der Waals surface area contributed by atoms with Gasteiger partial charge in [0.15, 0.2) is 0 Å². The molecule has 2 rings (SSSR count). The summed E-state index contributed by atoms with van der Waals surface area (Å²) in [6, 6.07) is 1.18. The molecule has 2 aromatic rings. The summed E-state index contributed by atoms with van der Waals surface area (Å²) in [4.78, 5) is 19.8. The van der Waals surface area contributed by atoms with E-state index in [9.17, 15) is 9.18 Å². The Morgan fingerprint density at radius 2 is 1.82 bits per heavy atom. The van der Waals surface area contributed by atoms with Crippen LogP contribution in [-0.4, -0.2) is 55.9 Å². The molecule has 1 amide bonds. The number of anilines is 1. The van der Waals surface area contributed by atoms with Gasteiger partial charge in [-0.1, -0.05) is 29.8 Å². The molecule has 0 fully saturated rings. The minimum atomic E-state index is -0.659. The molecule has 0 aliphatic carbocycles. The Hall–Kier alpha value is -2.88. The van der Waals surface area contributed by atoms with Crippen LogP contribution in [0.4, 0.5) is 10.3 Å². The fraction of sp³-hybridized carbons (Fsp3) is 0.318. The van der Waals surface area contributed by atoms with Gasteiger partial charge in [0, 0.05) is 42.7 Å². The lowest BCUT2D eigenvalue weighted by Gasteiger charge is -2.18. The maximum Gasteiger partial charge on any atom is 0.243 e. The minimum Gasteiger partial charge on any atom is -0.495 e. The number of nitrogens with one attached hydrogen (secondary N) is 2. The quantitative estimate of drug-likeness (QED) is 0.419. The fourth-order valence-electron chi connectivity index (χ4n) is 2.67. The lowest BCUT2D eigenvalue weighted by atomic mass is 10.1. The van der Waals surface area contributed by atoms with Crippen molar-refractivity contribution in [3.05, 3.63) is 52.3 Å². The molecule has 0 saturated carbocycles. The van der Waals surface area contributed by atoms with Crippen molar-refractivity contribution >= 4 is 47.0 Å². The second-order valence-corrected chi connectivity index (χ2v) is 7.32. The summed E-state index contributed by atoms with van der Waals surface area (Å²) in [5.41, 5.74) is 0.311. The summed E-state index contributed by atoms with van der Waals surface area (Å²) in [5.74, 6) is -0.152. The van der Waals surface area contributed by atoms with Gasteiger partial charge in [0.2, 0.25) is 11.9 Å². The highest BCUT2D eigenvalue weighted by molar-refractivity contribution is 6.39. The number of ether oxygens (including phenoxy) is 3. The molecule has 2 N–H and O–H groups in total. The lowest BCUT2D eigenvalue weighted by molar-refractivity contribution is -0.117. The van der Waals surface area contributed by atoms with Crippen LogP contribution < -0.4 is 20.1 Å². The van der Waals surface area contributed by atoms with Gasteiger partial charge in [-0.3, -0.25) is 4.79 Å². The predicted octanol–water partition coefficient (Wildman–Crippen LogP) is 4.39. The Labute approximate surface area is 201 Å². The zero-order valence-electron chi connectivity index (χ0n) is 18.5. The van der Waals surface area contributed by atoms with Crippen molar-refractivity contribution < 1.29 is 23.4 Å². The van der Waals surface area contributed by atoms with Crippen LogP contribution in [-0.2, 0) is 9.53 Å². The first-order valence-corrected chi connectivity index (χ1v) is 10.6. The Morgan fingerprint density at radius 3 is 2.33 bits per heavy atom. The van der Waals surface area contributed by atoms with E-state index >= 15 is 0 Å². The fourth-order valence-corrected chi connectivity index (χ4v) is 3.28. The number of methoxy groups -OCH3 is 2. The highest BCUT2D eigenvalue weighted by atomic mass is 35.5. The van der Waals surface area contributed by atoms with Crippen LogP contribution in [0, 0.1) is 0 Å². The largest absolute Gasteiger partial charge is 0.495 e. The van der Waals surface area contributed by atoms with Crippen molar-refractivity contribution in [2.45, 2.75) is 13.0 Å². The molecule has 11 heteroatoms. The van der Waals surface area contributed by atoms with Gasteiger partial charge >= 0.3 is 0 Å². The molecule has 0 aliphatic heterocycles. The summed E-state index contributed by atoms with van der Waals surface area (Å²) >= 11 is 12.6. The normalized spacial score (nSPS) is 12.1. The van der Waals surface area contributed by atoms with E-state index in [1.54, 1.807) is 0 Å². The number of carbonyl (C=O) groups excluding carboxylic acids is 1. The standard InChI is InChI=1S/C22H25Cl2FN4O4/c1-5-19(30)29-14(12-33-6-2)11-28-22-26-9-13(10-27-22)16(25)7-15-20(23)17(31-3)8-18(32-4)21(15)24/h5,7-10,14H,1,6,11-12H2,2-4H3,(H,29,30)(H,26,27,28)/b16-7-. The van der Waals surface area contributed by atoms with Gasteiger partial charge in [-0.05, 0) is 19.1 Å². The average Bonchev–Trinajstić information content (AvgIpc) is 2.83.